The third-order valence-corrected chi connectivity index (χ3v) is 5.67. The zero-order chi connectivity index (χ0) is 16.7. The Balaban J connectivity index is 1.74. The summed E-state index contributed by atoms with van der Waals surface area (Å²) in [5.74, 6) is -0.0518. The molecule has 3 unspecified atom stereocenters. The molecule has 0 radical (unpaired) electrons. The van der Waals surface area contributed by atoms with Gasteiger partial charge in [0.25, 0.3) is 0 Å². The Hall–Kier alpha value is -1.43. The van der Waals surface area contributed by atoms with E-state index in [0.717, 1.165) is 30.7 Å². The molecule has 1 aromatic carbocycles. The minimum absolute atomic E-state index is 0.0685. The van der Waals surface area contributed by atoms with E-state index in [1.54, 1.807) is 0 Å². The van der Waals surface area contributed by atoms with Gasteiger partial charge in [-0.1, -0.05) is 26.0 Å². The summed E-state index contributed by atoms with van der Waals surface area (Å²) in [6.45, 7) is 4.91. The molecule has 5 nitrogen and oxygen atoms in total. The number of hydrogen-bond donors (Lipinski definition) is 3. The van der Waals surface area contributed by atoms with E-state index in [4.69, 9.17) is 15.6 Å². The Morgan fingerprint density at radius 3 is 2.74 bits per heavy atom. The minimum atomic E-state index is -0.901. The lowest BCUT2D eigenvalue weighted by molar-refractivity contribution is -0.222. The van der Waals surface area contributed by atoms with Crippen LogP contribution in [0.2, 0.25) is 0 Å². The maximum absolute atomic E-state index is 12.9. The van der Waals surface area contributed by atoms with Gasteiger partial charge in [-0.2, -0.15) is 0 Å². The van der Waals surface area contributed by atoms with Gasteiger partial charge < -0.3 is 20.9 Å². The first kappa shape index (κ1) is 16.4. The Kier molecular flexibility index (Phi) is 4.21. The molecule has 2 fully saturated rings. The van der Waals surface area contributed by atoms with E-state index < -0.39 is 5.54 Å². The highest BCUT2D eigenvalue weighted by Crippen LogP contribution is 2.57. The SMILES string of the molecule is CC1(C)C2OCCCC2C1(N)C(=O)Nc1ccc(CCO)cc1. The summed E-state index contributed by atoms with van der Waals surface area (Å²) in [6.07, 6.45) is 2.58. The van der Waals surface area contributed by atoms with Gasteiger partial charge in [-0.3, -0.25) is 4.79 Å². The second kappa shape index (κ2) is 5.89. The van der Waals surface area contributed by atoms with Gasteiger partial charge in [-0.15, -0.1) is 0 Å². The fourth-order valence-electron chi connectivity index (χ4n) is 4.16. The van der Waals surface area contributed by atoms with Crippen molar-refractivity contribution in [1.82, 2.24) is 0 Å². The Labute approximate surface area is 137 Å². The smallest absolute Gasteiger partial charge is 0.245 e. The number of anilines is 1. The van der Waals surface area contributed by atoms with Gasteiger partial charge in [0.05, 0.1) is 6.10 Å². The Bertz CT molecular complexity index is 584. The molecule has 0 spiro atoms. The van der Waals surface area contributed by atoms with Gasteiger partial charge in [0, 0.05) is 30.2 Å². The second-order valence-corrected chi connectivity index (χ2v) is 7.26. The van der Waals surface area contributed by atoms with Gasteiger partial charge in [0.15, 0.2) is 0 Å². The van der Waals surface area contributed by atoms with Crippen LogP contribution in [-0.4, -0.2) is 35.9 Å². The number of ether oxygens (including phenoxy) is 1. The highest BCUT2D eigenvalue weighted by molar-refractivity contribution is 6.00. The first-order chi connectivity index (χ1) is 10.9. The van der Waals surface area contributed by atoms with Crippen LogP contribution >= 0.6 is 0 Å². The molecular formula is C18H26N2O3. The number of nitrogens with two attached hydrogens (primary N) is 1. The molecule has 23 heavy (non-hydrogen) atoms. The van der Waals surface area contributed by atoms with E-state index in [1.165, 1.54) is 0 Å². The topological polar surface area (TPSA) is 84.6 Å². The summed E-state index contributed by atoms with van der Waals surface area (Å²) < 4.78 is 5.85. The molecule has 0 bridgehead atoms. The van der Waals surface area contributed by atoms with Gasteiger partial charge in [-0.05, 0) is 37.0 Å². The standard InChI is InChI=1S/C18H26N2O3/c1-17(2)15-14(4-3-11-23-15)18(17,19)16(22)20-13-7-5-12(6-8-13)9-10-21/h5-8,14-15,21H,3-4,9-11,19H2,1-2H3,(H,20,22). The molecule has 1 amide bonds. The van der Waals surface area contributed by atoms with Crippen molar-refractivity contribution in [2.24, 2.45) is 17.1 Å². The Morgan fingerprint density at radius 2 is 2.09 bits per heavy atom. The molecule has 3 rings (SSSR count). The van der Waals surface area contributed by atoms with Crippen molar-refractivity contribution in [3.05, 3.63) is 29.8 Å². The van der Waals surface area contributed by atoms with E-state index >= 15 is 0 Å². The van der Waals surface area contributed by atoms with Crippen LogP contribution in [0.3, 0.4) is 0 Å². The van der Waals surface area contributed by atoms with Gasteiger partial charge in [0.2, 0.25) is 5.91 Å². The lowest BCUT2D eigenvalue weighted by atomic mass is 9.46. The highest BCUT2D eigenvalue weighted by atomic mass is 16.5. The zero-order valence-corrected chi connectivity index (χ0v) is 13.8. The van der Waals surface area contributed by atoms with Crippen LogP contribution in [0.15, 0.2) is 24.3 Å². The second-order valence-electron chi connectivity index (χ2n) is 7.26. The quantitative estimate of drug-likeness (QED) is 0.789. The molecule has 1 aromatic rings. The third kappa shape index (κ3) is 2.47. The number of carbonyl (C=O) groups excluding carboxylic acids is 1. The van der Waals surface area contributed by atoms with Crippen LogP contribution in [0.1, 0.15) is 32.3 Å². The molecule has 126 valence electrons. The summed E-state index contributed by atoms with van der Waals surface area (Å²) >= 11 is 0. The molecule has 1 aliphatic heterocycles. The molecule has 1 saturated heterocycles. The molecule has 4 N–H and O–H groups in total. The zero-order valence-electron chi connectivity index (χ0n) is 13.8. The van der Waals surface area contributed by atoms with Gasteiger partial charge in [-0.25, -0.2) is 0 Å². The van der Waals surface area contributed by atoms with E-state index in [9.17, 15) is 4.79 Å². The number of fused-ring (bicyclic) bond motifs is 1. The van der Waals surface area contributed by atoms with Crippen molar-refractivity contribution in [3.63, 3.8) is 0 Å². The number of nitrogens with one attached hydrogen (secondary N) is 1. The first-order valence-electron chi connectivity index (χ1n) is 8.33. The fourth-order valence-corrected chi connectivity index (χ4v) is 4.16. The summed E-state index contributed by atoms with van der Waals surface area (Å²) in [5, 5.41) is 11.9. The van der Waals surface area contributed by atoms with Crippen molar-refractivity contribution >= 4 is 11.6 Å². The number of amides is 1. The lowest BCUT2D eigenvalue weighted by Gasteiger charge is -2.65. The number of carbonyl (C=O) groups is 1. The average Bonchev–Trinajstić information content (AvgIpc) is 2.56. The van der Waals surface area contributed by atoms with Crippen LogP contribution in [0.4, 0.5) is 5.69 Å². The number of benzene rings is 1. The van der Waals surface area contributed by atoms with E-state index in [0.29, 0.717) is 6.42 Å². The maximum Gasteiger partial charge on any atom is 0.245 e. The van der Waals surface area contributed by atoms with Crippen LogP contribution < -0.4 is 11.1 Å². The third-order valence-electron chi connectivity index (χ3n) is 5.67. The van der Waals surface area contributed by atoms with Crippen molar-refractivity contribution in [1.29, 1.82) is 0 Å². The molecule has 1 aliphatic carbocycles. The molecule has 1 saturated carbocycles. The van der Waals surface area contributed by atoms with E-state index in [-0.39, 0.29) is 30.0 Å². The number of hydrogen-bond acceptors (Lipinski definition) is 4. The largest absolute Gasteiger partial charge is 0.396 e. The predicted octanol–water partition coefficient (Wildman–Crippen LogP) is 1.69. The summed E-state index contributed by atoms with van der Waals surface area (Å²) in [6, 6.07) is 7.53. The molecule has 3 atom stereocenters. The molecule has 1 heterocycles. The van der Waals surface area contributed by atoms with Crippen molar-refractivity contribution in [3.8, 4) is 0 Å². The van der Waals surface area contributed by atoms with Crippen LogP contribution in [0.25, 0.3) is 0 Å². The van der Waals surface area contributed by atoms with Crippen LogP contribution in [-0.2, 0) is 16.0 Å². The maximum atomic E-state index is 12.9. The monoisotopic (exact) mass is 318 g/mol. The highest BCUT2D eigenvalue weighted by Gasteiger charge is 2.70. The van der Waals surface area contributed by atoms with Crippen molar-refractivity contribution < 1.29 is 14.6 Å². The van der Waals surface area contributed by atoms with E-state index in [2.05, 4.69) is 5.32 Å². The van der Waals surface area contributed by atoms with Crippen molar-refractivity contribution in [2.75, 3.05) is 18.5 Å². The predicted molar refractivity (Wildman–Crippen MR) is 89.0 cm³/mol. The lowest BCUT2D eigenvalue weighted by Crippen LogP contribution is -2.81. The first-order valence-corrected chi connectivity index (χ1v) is 8.33. The molecule has 5 heteroatoms. The summed E-state index contributed by atoms with van der Waals surface area (Å²) in [5.41, 5.74) is 7.08. The summed E-state index contributed by atoms with van der Waals surface area (Å²) in [7, 11) is 0. The molecule has 2 aliphatic rings. The van der Waals surface area contributed by atoms with E-state index in [1.807, 2.05) is 38.1 Å². The average molecular weight is 318 g/mol. The fraction of sp³-hybridized carbons (Fsp3) is 0.611. The van der Waals surface area contributed by atoms with Crippen LogP contribution in [0, 0.1) is 11.3 Å². The Morgan fingerprint density at radius 1 is 1.39 bits per heavy atom. The molecular weight excluding hydrogens is 292 g/mol. The normalized spacial score (nSPS) is 31.8. The number of rotatable bonds is 4. The van der Waals surface area contributed by atoms with Gasteiger partial charge >= 0.3 is 0 Å². The number of aliphatic hydroxyl groups excluding tert-OH is 1. The molecule has 0 aromatic heterocycles. The number of aliphatic hydroxyl groups is 1. The van der Waals surface area contributed by atoms with Gasteiger partial charge in [0.1, 0.15) is 5.54 Å². The minimum Gasteiger partial charge on any atom is -0.396 e. The summed E-state index contributed by atoms with van der Waals surface area (Å²) in [4.78, 5) is 12.9. The van der Waals surface area contributed by atoms with Crippen molar-refractivity contribution in [2.45, 2.75) is 44.8 Å². The van der Waals surface area contributed by atoms with Crippen LogP contribution in [0.5, 0.6) is 0 Å².